The summed E-state index contributed by atoms with van der Waals surface area (Å²) in [5, 5.41) is 17.4. The topological polar surface area (TPSA) is 59.9 Å². The average molecular weight is 375 g/mol. The highest BCUT2D eigenvalue weighted by molar-refractivity contribution is 5.80. The lowest BCUT2D eigenvalue weighted by atomic mass is 9.97. The summed E-state index contributed by atoms with van der Waals surface area (Å²) in [5.74, 6) is 0.825. The van der Waals surface area contributed by atoms with Gasteiger partial charge >= 0.3 is 0 Å². The third-order valence-corrected chi connectivity index (χ3v) is 5.78. The predicted molar refractivity (Wildman–Crippen MR) is 114 cm³/mol. The minimum absolute atomic E-state index is 0.418. The van der Waals surface area contributed by atoms with Crippen molar-refractivity contribution in [2.24, 2.45) is 4.99 Å². The zero-order valence-electron chi connectivity index (χ0n) is 17.5. The van der Waals surface area contributed by atoms with E-state index < -0.39 is 5.60 Å². The van der Waals surface area contributed by atoms with Gasteiger partial charge in [0.1, 0.15) is 0 Å². The first-order chi connectivity index (χ1) is 13.0. The van der Waals surface area contributed by atoms with Crippen molar-refractivity contribution in [1.29, 1.82) is 0 Å². The second-order valence-electron chi connectivity index (χ2n) is 7.80. The van der Waals surface area contributed by atoms with Gasteiger partial charge in [-0.05, 0) is 45.1 Å². The van der Waals surface area contributed by atoms with E-state index in [4.69, 9.17) is 0 Å². The number of hydrogen-bond acceptors (Lipinski definition) is 3. The van der Waals surface area contributed by atoms with Crippen LogP contribution in [0.4, 0.5) is 0 Å². The predicted octanol–water partition coefficient (Wildman–Crippen LogP) is 3.15. The van der Waals surface area contributed by atoms with E-state index in [1.165, 1.54) is 5.56 Å². The fraction of sp³-hybridized carbons (Fsp3) is 0.682. The number of aliphatic imine (C=N–C) groups is 1. The Labute approximate surface area is 165 Å². The Morgan fingerprint density at radius 2 is 1.93 bits per heavy atom. The molecule has 1 aliphatic rings. The minimum Gasteiger partial charge on any atom is -0.388 e. The monoisotopic (exact) mass is 374 g/mol. The van der Waals surface area contributed by atoms with Crippen LogP contribution >= 0.6 is 0 Å². The first-order valence-corrected chi connectivity index (χ1v) is 10.5. The Morgan fingerprint density at radius 1 is 1.22 bits per heavy atom. The Bertz CT molecular complexity index is 571. The molecule has 3 N–H and O–H groups in total. The van der Waals surface area contributed by atoms with Crippen molar-refractivity contribution in [1.82, 2.24) is 15.5 Å². The summed E-state index contributed by atoms with van der Waals surface area (Å²) < 4.78 is 0. The molecule has 0 saturated carbocycles. The van der Waals surface area contributed by atoms with Crippen molar-refractivity contribution < 1.29 is 5.11 Å². The van der Waals surface area contributed by atoms with Crippen molar-refractivity contribution in [3.63, 3.8) is 0 Å². The van der Waals surface area contributed by atoms with Crippen LogP contribution in [0.3, 0.4) is 0 Å². The van der Waals surface area contributed by atoms with Gasteiger partial charge in [-0.1, -0.05) is 44.2 Å². The maximum Gasteiger partial charge on any atom is 0.191 e. The summed E-state index contributed by atoms with van der Waals surface area (Å²) in [7, 11) is 0. The third-order valence-electron chi connectivity index (χ3n) is 5.78. The maximum atomic E-state index is 10.5. The molecule has 27 heavy (non-hydrogen) atoms. The van der Waals surface area contributed by atoms with Gasteiger partial charge in [-0.3, -0.25) is 9.89 Å². The Hall–Kier alpha value is -1.59. The molecular weight excluding hydrogens is 336 g/mol. The van der Waals surface area contributed by atoms with E-state index in [0.717, 1.165) is 51.3 Å². The van der Waals surface area contributed by atoms with Gasteiger partial charge in [-0.15, -0.1) is 0 Å². The van der Waals surface area contributed by atoms with Crippen LogP contribution in [0.2, 0.25) is 0 Å². The lowest BCUT2D eigenvalue weighted by Crippen LogP contribution is -2.51. The van der Waals surface area contributed by atoms with Gasteiger partial charge in [0.15, 0.2) is 5.96 Å². The number of rotatable bonds is 8. The normalized spacial score (nSPS) is 21.9. The molecule has 5 nitrogen and oxygen atoms in total. The fourth-order valence-electron chi connectivity index (χ4n) is 3.62. The molecular formula is C22H38N4O. The van der Waals surface area contributed by atoms with Gasteiger partial charge in [0.05, 0.1) is 12.1 Å². The lowest BCUT2D eigenvalue weighted by Gasteiger charge is -2.38. The summed E-state index contributed by atoms with van der Waals surface area (Å²) >= 11 is 0. The van der Waals surface area contributed by atoms with Gasteiger partial charge in [-0.2, -0.15) is 0 Å². The molecule has 1 aromatic rings. The van der Waals surface area contributed by atoms with Gasteiger partial charge in [0.25, 0.3) is 0 Å². The zero-order chi connectivity index (χ0) is 19.7. The van der Waals surface area contributed by atoms with Gasteiger partial charge in [0, 0.05) is 31.7 Å². The van der Waals surface area contributed by atoms with Crippen LogP contribution < -0.4 is 10.6 Å². The Kier molecular flexibility index (Phi) is 8.58. The molecule has 152 valence electrons. The molecule has 1 aliphatic heterocycles. The quantitative estimate of drug-likeness (QED) is 0.483. The molecule has 1 fully saturated rings. The van der Waals surface area contributed by atoms with Crippen LogP contribution in [0, 0.1) is 0 Å². The van der Waals surface area contributed by atoms with E-state index in [0.29, 0.717) is 18.6 Å². The van der Waals surface area contributed by atoms with E-state index in [1.54, 1.807) is 0 Å². The number of benzene rings is 1. The number of guanidine groups is 1. The van der Waals surface area contributed by atoms with Crippen LogP contribution in [-0.4, -0.2) is 53.3 Å². The third kappa shape index (κ3) is 6.82. The van der Waals surface area contributed by atoms with Crippen molar-refractivity contribution >= 4 is 5.96 Å². The van der Waals surface area contributed by atoms with Crippen LogP contribution in [0.5, 0.6) is 0 Å². The van der Waals surface area contributed by atoms with Crippen LogP contribution in [-0.2, 0) is 6.54 Å². The Morgan fingerprint density at radius 3 is 2.52 bits per heavy atom. The van der Waals surface area contributed by atoms with Gasteiger partial charge < -0.3 is 15.7 Å². The molecule has 0 amide bonds. The van der Waals surface area contributed by atoms with Gasteiger partial charge in [0.2, 0.25) is 0 Å². The van der Waals surface area contributed by atoms with E-state index in [1.807, 2.05) is 13.8 Å². The average Bonchev–Trinajstić information content (AvgIpc) is 2.69. The number of nitrogens with one attached hydrogen (secondary N) is 2. The Balaban J connectivity index is 1.90. The van der Waals surface area contributed by atoms with E-state index in [9.17, 15) is 5.11 Å². The van der Waals surface area contributed by atoms with Crippen LogP contribution in [0.25, 0.3) is 0 Å². The largest absolute Gasteiger partial charge is 0.388 e. The van der Waals surface area contributed by atoms with E-state index >= 15 is 0 Å². The SMILES string of the molecule is CCNC(=NCC(O)(CC)CC)NC1CCN(Cc2ccccc2)C(C)C1. The summed E-state index contributed by atoms with van der Waals surface area (Å²) in [5.41, 5.74) is 0.679. The maximum absolute atomic E-state index is 10.5. The molecule has 2 atom stereocenters. The summed E-state index contributed by atoms with van der Waals surface area (Å²) in [6.45, 7) is 11.8. The zero-order valence-corrected chi connectivity index (χ0v) is 17.5. The van der Waals surface area contributed by atoms with Crippen LogP contribution in [0.15, 0.2) is 35.3 Å². The lowest BCUT2D eigenvalue weighted by molar-refractivity contribution is 0.0417. The number of likely N-dealkylation sites (tertiary alicyclic amines) is 1. The highest BCUT2D eigenvalue weighted by Crippen LogP contribution is 2.20. The molecule has 0 aliphatic carbocycles. The van der Waals surface area contributed by atoms with Gasteiger partial charge in [-0.25, -0.2) is 0 Å². The number of hydrogen-bond donors (Lipinski definition) is 3. The molecule has 2 unspecified atom stereocenters. The number of aliphatic hydroxyl groups is 1. The van der Waals surface area contributed by atoms with Crippen molar-refractivity contribution in [3.05, 3.63) is 35.9 Å². The summed E-state index contributed by atoms with van der Waals surface area (Å²) in [6.07, 6.45) is 3.65. The molecule has 0 bridgehead atoms. The number of piperidine rings is 1. The molecule has 0 spiro atoms. The summed E-state index contributed by atoms with van der Waals surface area (Å²) in [4.78, 5) is 7.22. The fourth-order valence-corrected chi connectivity index (χ4v) is 3.62. The molecule has 0 aromatic heterocycles. The smallest absolute Gasteiger partial charge is 0.191 e. The minimum atomic E-state index is -0.700. The second kappa shape index (κ2) is 10.7. The number of nitrogens with zero attached hydrogens (tertiary/aromatic N) is 2. The molecule has 1 aromatic carbocycles. The molecule has 5 heteroatoms. The first kappa shape index (κ1) is 21.7. The highest BCUT2D eigenvalue weighted by Gasteiger charge is 2.26. The van der Waals surface area contributed by atoms with Crippen molar-refractivity contribution in [3.8, 4) is 0 Å². The van der Waals surface area contributed by atoms with Crippen molar-refractivity contribution in [2.45, 2.75) is 77.6 Å². The first-order valence-electron chi connectivity index (χ1n) is 10.5. The van der Waals surface area contributed by atoms with Crippen LogP contribution in [0.1, 0.15) is 58.9 Å². The standard InChI is InChI=1S/C22H38N4O/c1-5-22(27,6-2)17-24-21(23-7-3)25-20-13-14-26(18(4)15-20)16-19-11-9-8-10-12-19/h8-12,18,20,27H,5-7,13-17H2,1-4H3,(H2,23,24,25). The van der Waals surface area contributed by atoms with Crippen molar-refractivity contribution in [2.75, 3.05) is 19.6 Å². The highest BCUT2D eigenvalue weighted by atomic mass is 16.3. The second-order valence-corrected chi connectivity index (χ2v) is 7.80. The van der Waals surface area contributed by atoms with E-state index in [2.05, 4.69) is 64.7 Å². The summed E-state index contributed by atoms with van der Waals surface area (Å²) in [6, 6.07) is 11.7. The molecule has 0 radical (unpaired) electrons. The molecule has 2 rings (SSSR count). The molecule has 1 heterocycles. The molecule has 1 saturated heterocycles. The van der Waals surface area contributed by atoms with E-state index in [-0.39, 0.29) is 0 Å².